The number of aryl methyl sites for hydroxylation is 1. The molecule has 3 nitrogen and oxygen atoms in total. The van der Waals surface area contributed by atoms with Gasteiger partial charge in [0.25, 0.3) is 0 Å². The maximum atomic E-state index is 13.2. The fraction of sp³-hybridized carbons (Fsp3) is 0.308. The summed E-state index contributed by atoms with van der Waals surface area (Å²) in [6, 6.07) is 4.71. The van der Waals surface area contributed by atoms with Crippen LogP contribution in [0.15, 0.2) is 35.1 Å². The van der Waals surface area contributed by atoms with Gasteiger partial charge in [-0.25, -0.2) is 4.39 Å². The van der Waals surface area contributed by atoms with Crippen LogP contribution in [0.2, 0.25) is 0 Å². The number of nitrogens with zero attached hydrogens (tertiary/aromatic N) is 2. The van der Waals surface area contributed by atoms with Gasteiger partial charge >= 0.3 is 0 Å². The van der Waals surface area contributed by atoms with Crippen LogP contribution in [-0.2, 0) is 13.2 Å². The maximum Gasteiger partial charge on any atom is 0.157 e. The Kier molecular flexibility index (Phi) is 4.36. The first-order chi connectivity index (χ1) is 8.67. The molecule has 0 saturated heterocycles. The van der Waals surface area contributed by atoms with Gasteiger partial charge in [0.1, 0.15) is 12.4 Å². The second kappa shape index (κ2) is 6.00. The molecule has 18 heavy (non-hydrogen) atoms. The van der Waals surface area contributed by atoms with E-state index in [0.717, 1.165) is 18.5 Å². The third-order valence-electron chi connectivity index (χ3n) is 2.39. The van der Waals surface area contributed by atoms with Crippen molar-refractivity contribution in [3.63, 3.8) is 0 Å². The van der Waals surface area contributed by atoms with E-state index in [-0.39, 0.29) is 5.82 Å². The molecular formula is C13H14BrFN2O. The molecule has 0 saturated carbocycles. The number of benzene rings is 1. The molecule has 0 aliphatic heterocycles. The molecule has 0 N–H and O–H groups in total. The predicted molar refractivity (Wildman–Crippen MR) is 71.0 cm³/mol. The van der Waals surface area contributed by atoms with Crippen molar-refractivity contribution in [3.05, 3.63) is 46.4 Å². The number of hydrogen-bond acceptors (Lipinski definition) is 2. The molecule has 0 aliphatic carbocycles. The van der Waals surface area contributed by atoms with E-state index in [1.807, 2.05) is 16.9 Å². The number of halogens is 2. The molecule has 0 atom stereocenters. The molecule has 1 aromatic carbocycles. The first kappa shape index (κ1) is 13.1. The van der Waals surface area contributed by atoms with Gasteiger partial charge in [-0.15, -0.1) is 0 Å². The summed E-state index contributed by atoms with van der Waals surface area (Å²) < 4.78 is 21.3. The first-order valence-electron chi connectivity index (χ1n) is 5.77. The van der Waals surface area contributed by atoms with Crippen LogP contribution in [0, 0.1) is 5.82 Å². The molecule has 0 radical (unpaired) electrons. The summed E-state index contributed by atoms with van der Waals surface area (Å²) in [7, 11) is 0. The lowest BCUT2D eigenvalue weighted by Gasteiger charge is -2.04. The van der Waals surface area contributed by atoms with Gasteiger partial charge in [-0.2, -0.15) is 5.10 Å². The zero-order valence-electron chi connectivity index (χ0n) is 10.1. The third kappa shape index (κ3) is 3.57. The predicted octanol–water partition coefficient (Wildman–Crippen LogP) is 3.77. The first-order valence-corrected chi connectivity index (χ1v) is 6.57. The van der Waals surface area contributed by atoms with E-state index in [9.17, 15) is 4.39 Å². The minimum atomic E-state index is -0.273. The monoisotopic (exact) mass is 312 g/mol. The van der Waals surface area contributed by atoms with E-state index in [0.29, 0.717) is 16.8 Å². The fourth-order valence-corrected chi connectivity index (χ4v) is 2.14. The Morgan fingerprint density at radius 2 is 2.22 bits per heavy atom. The van der Waals surface area contributed by atoms with Crippen molar-refractivity contribution < 1.29 is 9.13 Å². The van der Waals surface area contributed by atoms with Crippen molar-refractivity contribution in [2.45, 2.75) is 26.5 Å². The molecule has 5 heteroatoms. The molecule has 1 heterocycles. The molecule has 0 fully saturated rings. The Labute approximate surface area is 114 Å². The van der Waals surface area contributed by atoms with Gasteiger partial charge in [0, 0.05) is 11.0 Å². The maximum absolute atomic E-state index is 13.2. The van der Waals surface area contributed by atoms with E-state index in [1.54, 1.807) is 6.20 Å². The van der Waals surface area contributed by atoms with Crippen molar-refractivity contribution in [3.8, 4) is 5.75 Å². The average Bonchev–Trinajstić information content (AvgIpc) is 2.74. The number of aromatic nitrogens is 2. The van der Waals surface area contributed by atoms with Crippen molar-refractivity contribution in [2.24, 2.45) is 0 Å². The second-order valence-corrected chi connectivity index (χ2v) is 4.92. The topological polar surface area (TPSA) is 27.1 Å². The molecule has 0 aliphatic rings. The second-order valence-electron chi connectivity index (χ2n) is 4.01. The Hall–Kier alpha value is -1.36. The molecular weight excluding hydrogens is 299 g/mol. The summed E-state index contributed by atoms with van der Waals surface area (Å²) in [5.74, 6) is 0.425. The molecule has 0 amide bonds. The third-order valence-corrected chi connectivity index (χ3v) is 2.85. The number of ether oxygens (including phenoxy) is 1. The van der Waals surface area contributed by atoms with Gasteiger partial charge in [0.15, 0.2) is 5.75 Å². The van der Waals surface area contributed by atoms with E-state index in [2.05, 4.69) is 28.0 Å². The SMILES string of the molecule is CCCn1cc(OCc2cc(F)cc(Br)c2)cn1. The van der Waals surface area contributed by atoms with Crippen LogP contribution in [0.1, 0.15) is 18.9 Å². The standard InChI is InChI=1S/C13H14BrFN2O/c1-2-3-17-8-13(7-16-17)18-9-10-4-11(14)6-12(15)5-10/h4-8H,2-3,9H2,1H3. The lowest BCUT2D eigenvalue weighted by atomic mass is 10.2. The molecule has 2 aromatic rings. The van der Waals surface area contributed by atoms with E-state index in [4.69, 9.17) is 4.74 Å². The van der Waals surface area contributed by atoms with Gasteiger partial charge in [-0.05, 0) is 30.2 Å². The minimum absolute atomic E-state index is 0.273. The van der Waals surface area contributed by atoms with Gasteiger partial charge in [0.2, 0.25) is 0 Å². The number of rotatable bonds is 5. The number of hydrogen-bond donors (Lipinski definition) is 0. The molecule has 2 rings (SSSR count). The Morgan fingerprint density at radius 1 is 1.39 bits per heavy atom. The highest BCUT2D eigenvalue weighted by molar-refractivity contribution is 9.10. The highest BCUT2D eigenvalue weighted by Gasteiger charge is 2.02. The lowest BCUT2D eigenvalue weighted by Crippen LogP contribution is -1.97. The van der Waals surface area contributed by atoms with Gasteiger partial charge in [-0.1, -0.05) is 22.9 Å². The highest BCUT2D eigenvalue weighted by atomic mass is 79.9. The van der Waals surface area contributed by atoms with E-state index in [1.165, 1.54) is 12.1 Å². The smallest absolute Gasteiger partial charge is 0.157 e. The van der Waals surface area contributed by atoms with E-state index < -0.39 is 0 Å². The van der Waals surface area contributed by atoms with Crippen LogP contribution in [0.4, 0.5) is 4.39 Å². The zero-order valence-corrected chi connectivity index (χ0v) is 11.7. The summed E-state index contributed by atoms with van der Waals surface area (Å²) in [6.07, 6.45) is 4.54. The quantitative estimate of drug-likeness (QED) is 0.840. The normalized spacial score (nSPS) is 10.6. The van der Waals surface area contributed by atoms with Crippen LogP contribution in [0.5, 0.6) is 5.75 Å². The zero-order chi connectivity index (χ0) is 13.0. The molecule has 0 bridgehead atoms. The highest BCUT2D eigenvalue weighted by Crippen LogP contribution is 2.17. The van der Waals surface area contributed by atoms with Gasteiger partial charge in [0.05, 0.1) is 12.4 Å². The van der Waals surface area contributed by atoms with Crippen LogP contribution in [0.3, 0.4) is 0 Å². The summed E-state index contributed by atoms with van der Waals surface area (Å²) >= 11 is 3.25. The van der Waals surface area contributed by atoms with Gasteiger partial charge in [-0.3, -0.25) is 4.68 Å². The van der Waals surface area contributed by atoms with Crippen molar-refractivity contribution in [1.82, 2.24) is 9.78 Å². The van der Waals surface area contributed by atoms with Crippen LogP contribution in [0.25, 0.3) is 0 Å². The van der Waals surface area contributed by atoms with Crippen molar-refractivity contribution in [1.29, 1.82) is 0 Å². The summed E-state index contributed by atoms with van der Waals surface area (Å²) in [5.41, 5.74) is 0.783. The molecule has 0 spiro atoms. The fourth-order valence-electron chi connectivity index (χ4n) is 1.63. The molecule has 0 unspecified atom stereocenters. The van der Waals surface area contributed by atoms with Gasteiger partial charge < -0.3 is 4.74 Å². The molecule has 96 valence electrons. The van der Waals surface area contributed by atoms with Crippen molar-refractivity contribution >= 4 is 15.9 Å². The Bertz CT molecular complexity index is 507. The summed E-state index contributed by atoms with van der Waals surface area (Å²) in [5, 5.41) is 4.16. The minimum Gasteiger partial charge on any atom is -0.486 e. The lowest BCUT2D eigenvalue weighted by molar-refractivity contribution is 0.305. The summed E-state index contributed by atoms with van der Waals surface area (Å²) in [4.78, 5) is 0. The van der Waals surface area contributed by atoms with Crippen LogP contribution >= 0.6 is 15.9 Å². The van der Waals surface area contributed by atoms with E-state index >= 15 is 0 Å². The molecule has 1 aromatic heterocycles. The largest absolute Gasteiger partial charge is 0.486 e. The van der Waals surface area contributed by atoms with Crippen LogP contribution < -0.4 is 4.74 Å². The van der Waals surface area contributed by atoms with Crippen molar-refractivity contribution in [2.75, 3.05) is 0 Å². The Balaban J connectivity index is 1.97. The Morgan fingerprint density at radius 3 is 2.94 bits per heavy atom. The summed E-state index contributed by atoms with van der Waals surface area (Å²) in [6.45, 7) is 3.29. The average molecular weight is 313 g/mol. The van der Waals surface area contributed by atoms with Crippen LogP contribution in [-0.4, -0.2) is 9.78 Å².